The lowest BCUT2D eigenvalue weighted by molar-refractivity contribution is -0.120. The van der Waals surface area contributed by atoms with Gasteiger partial charge in [-0.15, -0.1) is 11.3 Å². The molecule has 2 rings (SSSR count). The number of aryl methyl sites for hydroxylation is 1. The van der Waals surface area contributed by atoms with Gasteiger partial charge in [-0.25, -0.2) is 0 Å². The van der Waals surface area contributed by atoms with E-state index in [4.69, 9.17) is 0 Å². The molecule has 0 spiro atoms. The summed E-state index contributed by atoms with van der Waals surface area (Å²) in [6.45, 7) is 2.12. The van der Waals surface area contributed by atoms with Gasteiger partial charge in [-0.1, -0.05) is 12.8 Å². The monoisotopic (exact) mass is 208 g/mol. The van der Waals surface area contributed by atoms with Crippen molar-refractivity contribution < 1.29 is 4.79 Å². The van der Waals surface area contributed by atoms with Gasteiger partial charge in [-0.2, -0.15) is 0 Å². The second-order valence-corrected chi connectivity index (χ2v) is 5.03. The second-order valence-electron chi connectivity index (χ2n) is 4.09. The average Bonchev–Trinajstić information content (AvgIpc) is 2.46. The lowest BCUT2D eigenvalue weighted by Crippen LogP contribution is -2.09. The molecule has 1 unspecified atom stereocenters. The molecule has 2 heteroatoms. The van der Waals surface area contributed by atoms with E-state index in [1.807, 2.05) is 0 Å². The average molecular weight is 208 g/mol. The summed E-state index contributed by atoms with van der Waals surface area (Å²) >= 11 is 1.75. The van der Waals surface area contributed by atoms with Gasteiger partial charge in [0.05, 0.1) is 5.92 Å². The number of thiophene rings is 1. The molecule has 0 amide bonds. The van der Waals surface area contributed by atoms with Crippen molar-refractivity contribution in [2.24, 2.45) is 0 Å². The van der Waals surface area contributed by atoms with Crippen molar-refractivity contribution in [1.29, 1.82) is 0 Å². The topological polar surface area (TPSA) is 17.1 Å². The molecule has 0 saturated heterocycles. The normalized spacial score (nSPS) is 23.5. The lowest BCUT2D eigenvalue weighted by atomic mass is 9.95. The molecule has 0 aromatic carbocycles. The number of Topliss-reactive ketones (excluding diaryl/α,β-unsaturated/α-hetero) is 1. The third-order valence-corrected chi connectivity index (χ3v) is 4.16. The van der Waals surface area contributed by atoms with E-state index in [2.05, 4.69) is 18.4 Å². The summed E-state index contributed by atoms with van der Waals surface area (Å²) in [7, 11) is 0. The number of hydrogen-bond donors (Lipinski definition) is 0. The van der Waals surface area contributed by atoms with Crippen molar-refractivity contribution >= 4 is 17.1 Å². The van der Waals surface area contributed by atoms with Crippen molar-refractivity contribution in [3.8, 4) is 0 Å². The van der Waals surface area contributed by atoms with Crippen LogP contribution in [0.2, 0.25) is 0 Å². The lowest BCUT2D eigenvalue weighted by Gasteiger charge is -2.11. The number of ketones is 1. The van der Waals surface area contributed by atoms with Crippen LogP contribution < -0.4 is 0 Å². The first kappa shape index (κ1) is 9.91. The molecule has 76 valence electrons. The van der Waals surface area contributed by atoms with E-state index in [9.17, 15) is 4.79 Å². The van der Waals surface area contributed by atoms with E-state index in [1.54, 1.807) is 11.3 Å². The highest BCUT2D eigenvalue weighted by Crippen LogP contribution is 2.33. The summed E-state index contributed by atoms with van der Waals surface area (Å²) in [5.41, 5.74) is 1.30. The molecule has 1 aliphatic rings. The van der Waals surface area contributed by atoms with Crippen LogP contribution in [0.5, 0.6) is 0 Å². The molecule has 1 aromatic rings. The summed E-state index contributed by atoms with van der Waals surface area (Å²) in [4.78, 5) is 13.2. The van der Waals surface area contributed by atoms with Crippen LogP contribution in [0.4, 0.5) is 0 Å². The maximum absolute atomic E-state index is 11.9. The molecule has 0 bridgehead atoms. The van der Waals surface area contributed by atoms with Gasteiger partial charge in [-0.05, 0) is 36.8 Å². The minimum Gasteiger partial charge on any atom is -0.299 e. The SMILES string of the molecule is Cc1ccsc1C1CCCCCC1=O. The zero-order valence-corrected chi connectivity index (χ0v) is 9.40. The van der Waals surface area contributed by atoms with Crippen molar-refractivity contribution in [2.45, 2.75) is 44.9 Å². The Morgan fingerprint density at radius 1 is 1.36 bits per heavy atom. The Balaban J connectivity index is 2.23. The third-order valence-electron chi connectivity index (χ3n) is 3.02. The maximum atomic E-state index is 11.9. The summed E-state index contributed by atoms with van der Waals surface area (Å²) in [5.74, 6) is 0.686. The first-order valence-corrected chi connectivity index (χ1v) is 6.23. The van der Waals surface area contributed by atoms with E-state index < -0.39 is 0 Å². The van der Waals surface area contributed by atoms with Crippen LogP contribution in [-0.2, 0) is 4.79 Å². The Bertz CT molecular complexity index is 327. The van der Waals surface area contributed by atoms with Crippen molar-refractivity contribution in [3.63, 3.8) is 0 Å². The molecule has 1 nitrogen and oxygen atoms in total. The molecule has 1 aromatic heterocycles. The molecule has 14 heavy (non-hydrogen) atoms. The zero-order chi connectivity index (χ0) is 9.97. The molecule has 0 aliphatic heterocycles. The Labute approximate surface area is 89.1 Å². The minimum atomic E-state index is 0.220. The van der Waals surface area contributed by atoms with Crippen LogP contribution in [0.1, 0.15) is 48.5 Å². The van der Waals surface area contributed by atoms with Gasteiger partial charge in [0.1, 0.15) is 5.78 Å². The summed E-state index contributed by atoms with van der Waals surface area (Å²) in [5, 5.41) is 2.10. The van der Waals surface area contributed by atoms with E-state index in [0.29, 0.717) is 5.78 Å². The fraction of sp³-hybridized carbons (Fsp3) is 0.583. The van der Waals surface area contributed by atoms with Gasteiger partial charge in [0.15, 0.2) is 0 Å². The van der Waals surface area contributed by atoms with Crippen LogP contribution in [-0.4, -0.2) is 5.78 Å². The highest BCUT2D eigenvalue weighted by molar-refractivity contribution is 7.10. The Morgan fingerprint density at radius 2 is 2.21 bits per heavy atom. The number of hydrogen-bond acceptors (Lipinski definition) is 2. The second kappa shape index (κ2) is 4.26. The number of carbonyl (C=O) groups excluding carboxylic acids is 1. The minimum absolute atomic E-state index is 0.220. The summed E-state index contributed by atoms with van der Waals surface area (Å²) in [6, 6.07) is 2.12. The standard InChI is InChI=1S/C12H16OS/c1-9-7-8-14-12(9)10-5-3-2-4-6-11(10)13/h7-8,10H,2-6H2,1H3. The van der Waals surface area contributed by atoms with Crippen LogP contribution in [0.25, 0.3) is 0 Å². The van der Waals surface area contributed by atoms with Gasteiger partial charge in [-0.3, -0.25) is 4.79 Å². The third kappa shape index (κ3) is 1.90. The maximum Gasteiger partial charge on any atom is 0.141 e. The molecule has 1 atom stereocenters. The van der Waals surface area contributed by atoms with Crippen LogP contribution >= 0.6 is 11.3 Å². The van der Waals surface area contributed by atoms with Gasteiger partial charge in [0, 0.05) is 11.3 Å². The molecule has 1 saturated carbocycles. The van der Waals surface area contributed by atoms with Crippen LogP contribution in [0, 0.1) is 6.92 Å². The zero-order valence-electron chi connectivity index (χ0n) is 8.58. The van der Waals surface area contributed by atoms with E-state index in [1.165, 1.54) is 23.3 Å². The van der Waals surface area contributed by atoms with Crippen LogP contribution in [0.3, 0.4) is 0 Å². The first-order valence-electron chi connectivity index (χ1n) is 5.36. The first-order chi connectivity index (χ1) is 6.79. The predicted octanol–water partition coefficient (Wildman–Crippen LogP) is 3.67. The van der Waals surface area contributed by atoms with Gasteiger partial charge in [0.2, 0.25) is 0 Å². The van der Waals surface area contributed by atoms with E-state index in [-0.39, 0.29) is 5.92 Å². The van der Waals surface area contributed by atoms with Crippen molar-refractivity contribution in [1.82, 2.24) is 0 Å². The fourth-order valence-corrected chi connectivity index (χ4v) is 3.26. The molecule has 0 radical (unpaired) electrons. The quantitative estimate of drug-likeness (QED) is 0.643. The van der Waals surface area contributed by atoms with Crippen molar-refractivity contribution in [3.05, 3.63) is 21.9 Å². The molecular weight excluding hydrogens is 192 g/mol. The summed E-state index contributed by atoms with van der Waals surface area (Å²) in [6.07, 6.45) is 5.41. The van der Waals surface area contributed by atoms with Gasteiger partial charge in [0.25, 0.3) is 0 Å². The molecule has 0 N–H and O–H groups in total. The van der Waals surface area contributed by atoms with Gasteiger partial charge >= 0.3 is 0 Å². The largest absolute Gasteiger partial charge is 0.299 e. The Kier molecular flexibility index (Phi) is 3.02. The van der Waals surface area contributed by atoms with Crippen molar-refractivity contribution in [2.75, 3.05) is 0 Å². The van der Waals surface area contributed by atoms with Gasteiger partial charge < -0.3 is 0 Å². The Morgan fingerprint density at radius 3 is 2.93 bits per heavy atom. The van der Waals surface area contributed by atoms with E-state index in [0.717, 1.165) is 19.3 Å². The Hall–Kier alpha value is -0.630. The number of rotatable bonds is 1. The molecule has 1 fully saturated rings. The molecule has 1 aliphatic carbocycles. The molecular formula is C12H16OS. The molecule has 1 heterocycles. The smallest absolute Gasteiger partial charge is 0.141 e. The highest BCUT2D eigenvalue weighted by Gasteiger charge is 2.24. The number of carbonyl (C=O) groups is 1. The highest BCUT2D eigenvalue weighted by atomic mass is 32.1. The fourth-order valence-electron chi connectivity index (χ4n) is 2.18. The predicted molar refractivity (Wildman–Crippen MR) is 59.9 cm³/mol. The van der Waals surface area contributed by atoms with Crippen LogP contribution in [0.15, 0.2) is 11.4 Å². The van der Waals surface area contributed by atoms with E-state index >= 15 is 0 Å². The summed E-state index contributed by atoms with van der Waals surface area (Å²) < 4.78 is 0.